The summed E-state index contributed by atoms with van der Waals surface area (Å²) < 4.78 is 94.5. The van der Waals surface area contributed by atoms with Gasteiger partial charge in [0.15, 0.2) is 31.2 Å². The van der Waals surface area contributed by atoms with Crippen LogP contribution in [0.3, 0.4) is 0 Å². The third-order valence-corrected chi connectivity index (χ3v) is 17.3. The van der Waals surface area contributed by atoms with Gasteiger partial charge in [-0.1, -0.05) is 62.4 Å². The summed E-state index contributed by atoms with van der Waals surface area (Å²) in [7, 11) is -7.02. The number of halogens is 2. The van der Waals surface area contributed by atoms with Crippen LogP contribution in [-0.2, 0) is 39.3 Å². The van der Waals surface area contributed by atoms with E-state index in [1.165, 1.54) is 22.9 Å². The average Bonchev–Trinajstić information content (AvgIpc) is 4.13. The summed E-state index contributed by atoms with van der Waals surface area (Å²) in [5.74, 6) is 0.555. The van der Waals surface area contributed by atoms with Gasteiger partial charge in [-0.3, -0.25) is 5.73 Å². The van der Waals surface area contributed by atoms with Crippen LogP contribution in [-0.4, -0.2) is 88.1 Å². The summed E-state index contributed by atoms with van der Waals surface area (Å²) in [6.45, 7) is 8.82. The Bertz CT molecular complexity index is 3440. The first-order valence-corrected chi connectivity index (χ1v) is 27.1. The molecule has 0 aliphatic rings. The van der Waals surface area contributed by atoms with Gasteiger partial charge in [0, 0.05) is 47.9 Å². The average molecular weight is 1050 g/mol. The van der Waals surface area contributed by atoms with Gasteiger partial charge < -0.3 is 25.2 Å². The predicted molar refractivity (Wildman–Crippen MR) is 276 cm³/mol. The molecule has 4 aromatic carbocycles. The topological polar surface area (TPSA) is 265 Å². The van der Waals surface area contributed by atoms with Crippen molar-refractivity contribution in [3.8, 4) is 68.6 Å². The summed E-state index contributed by atoms with van der Waals surface area (Å²) in [5, 5.41) is 22.0. The third-order valence-electron chi connectivity index (χ3n) is 12.7. The maximum absolute atomic E-state index is 16.0. The second kappa shape index (κ2) is 22.8. The zero-order valence-corrected chi connectivity index (χ0v) is 43.0. The number of hydrogen-bond donors (Lipinski definition) is 4. The van der Waals surface area contributed by atoms with Gasteiger partial charge in [-0.25, -0.2) is 45.1 Å². The summed E-state index contributed by atoms with van der Waals surface area (Å²) in [5.41, 5.74) is 18.1. The van der Waals surface area contributed by atoms with Crippen molar-refractivity contribution in [2.45, 2.75) is 99.6 Å². The molecule has 4 unspecified atom stereocenters. The second-order valence-corrected chi connectivity index (χ2v) is 22.7. The van der Waals surface area contributed by atoms with Crippen molar-refractivity contribution in [3.63, 3.8) is 0 Å². The van der Waals surface area contributed by atoms with Gasteiger partial charge in [-0.2, -0.15) is 0 Å². The normalized spacial score (nSPS) is 13.7. The SMILES string of the molecule is CCC(C)S(=O)(=O)c1ccc(-c2cnc(N)c(-c3nnc(-c4ccc(CNCC(F)C[n+]5cc(-c6ccc(S(=O)(=O)C(C)CC)cc6)nc(-c6nnc(-c7ccc(CNC(C)CF)cc7)o6)c5N)cc4)o3)n2)cc1. The van der Waals surface area contributed by atoms with Gasteiger partial charge in [0.1, 0.15) is 31.3 Å². The summed E-state index contributed by atoms with van der Waals surface area (Å²) >= 11 is 0. The maximum Gasteiger partial charge on any atom is 0.304 e. The molecule has 0 bridgehead atoms. The fourth-order valence-corrected chi connectivity index (χ4v) is 10.5. The van der Waals surface area contributed by atoms with Gasteiger partial charge in [-0.15, -0.1) is 20.4 Å². The Kier molecular flexibility index (Phi) is 16.3. The Morgan fingerprint density at radius 1 is 0.622 bits per heavy atom. The van der Waals surface area contributed by atoms with E-state index in [9.17, 15) is 21.2 Å². The van der Waals surface area contributed by atoms with E-state index in [4.69, 9.17) is 25.3 Å². The highest BCUT2D eigenvalue weighted by Crippen LogP contribution is 2.31. The van der Waals surface area contributed by atoms with Crippen molar-refractivity contribution in [1.82, 2.24) is 46.0 Å². The van der Waals surface area contributed by atoms with Crippen LogP contribution < -0.4 is 26.7 Å². The van der Waals surface area contributed by atoms with Gasteiger partial charge in [0.25, 0.3) is 11.8 Å². The fourth-order valence-electron chi connectivity index (χ4n) is 7.64. The van der Waals surface area contributed by atoms with Crippen LogP contribution in [0.1, 0.15) is 58.6 Å². The third kappa shape index (κ3) is 11.8. The van der Waals surface area contributed by atoms with Gasteiger partial charge >= 0.3 is 5.82 Å². The molecule has 4 atom stereocenters. The van der Waals surface area contributed by atoms with Crippen molar-refractivity contribution >= 4 is 31.3 Å². The Hall–Kier alpha value is -7.40. The number of sulfone groups is 2. The first kappa shape index (κ1) is 52.9. The summed E-state index contributed by atoms with van der Waals surface area (Å²) in [6, 6.07) is 27.1. The number of alkyl halides is 2. The highest BCUT2D eigenvalue weighted by molar-refractivity contribution is 7.92. The number of rotatable bonds is 22. The minimum Gasteiger partial charge on any atom is -0.414 e. The molecule has 4 heterocycles. The lowest BCUT2D eigenvalue weighted by Gasteiger charge is -2.13. The molecule has 4 aromatic heterocycles. The molecule has 8 rings (SSSR count). The Labute approximate surface area is 428 Å². The molecule has 0 fully saturated rings. The minimum atomic E-state index is -3.56. The Morgan fingerprint density at radius 2 is 1.08 bits per heavy atom. The molecule has 386 valence electrons. The number of nitrogen functional groups attached to an aromatic ring is 2. The molecular formula is C52H57F2N12O6S2+. The minimum absolute atomic E-state index is 0.0103. The molecule has 0 saturated heterocycles. The molecule has 74 heavy (non-hydrogen) atoms. The molecule has 6 N–H and O–H groups in total. The zero-order valence-electron chi connectivity index (χ0n) is 41.4. The van der Waals surface area contributed by atoms with Crippen LogP contribution in [0, 0.1) is 0 Å². The molecule has 18 nitrogen and oxygen atoms in total. The number of nitrogens with two attached hydrogens (primary N) is 2. The summed E-state index contributed by atoms with van der Waals surface area (Å²) in [4.78, 5) is 14.0. The number of aromatic nitrogens is 8. The molecule has 0 amide bonds. The van der Waals surface area contributed by atoms with Crippen molar-refractivity contribution < 1.29 is 39.0 Å². The van der Waals surface area contributed by atoms with Crippen LogP contribution in [0.25, 0.3) is 68.6 Å². The van der Waals surface area contributed by atoms with Crippen LogP contribution in [0.4, 0.5) is 20.4 Å². The number of nitrogens with zero attached hydrogens (tertiary/aromatic N) is 8. The van der Waals surface area contributed by atoms with E-state index in [-0.39, 0.29) is 75.5 Å². The highest BCUT2D eigenvalue weighted by Gasteiger charge is 2.27. The smallest absolute Gasteiger partial charge is 0.304 e. The van der Waals surface area contributed by atoms with Crippen molar-refractivity contribution in [2.24, 2.45) is 0 Å². The number of hydrogen-bond acceptors (Lipinski definition) is 17. The first-order valence-electron chi connectivity index (χ1n) is 24.0. The van der Waals surface area contributed by atoms with E-state index in [0.717, 1.165) is 11.1 Å². The van der Waals surface area contributed by atoms with E-state index in [1.807, 2.05) is 38.1 Å². The second-order valence-electron chi connectivity index (χ2n) is 18.0. The van der Waals surface area contributed by atoms with E-state index in [0.29, 0.717) is 59.6 Å². The highest BCUT2D eigenvalue weighted by atomic mass is 32.2. The van der Waals surface area contributed by atoms with Crippen LogP contribution in [0.5, 0.6) is 0 Å². The molecule has 0 aliphatic carbocycles. The van der Waals surface area contributed by atoms with Crippen molar-refractivity contribution in [1.29, 1.82) is 0 Å². The monoisotopic (exact) mass is 1050 g/mol. The number of anilines is 2. The van der Waals surface area contributed by atoms with Gasteiger partial charge in [0.05, 0.1) is 32.2 Å². The fraction of sp³-hybridized carbons (Fsp3) is 0.308. The lowest BCUT2D eigenvalue weighted by atomic mass is 10.1. The van der Waals surface area contributed by atoms with Crippen molar-refractivity contribution in [3.05, 3.63) is 121 Å². The quantitative estimate of drug-likeness (QED) is 0.0471. The molecule has 8 aromatic rings. The van der Waals surface area contributed by atoms with Gasteiger partial charge in [0.2, 0.25) is 17.5 Å². The largest absolute Gasteiger partial charge is 0.414 e. The molecule has 0 spiro atoms. The molecule has 0 saturated carbocycles. The molecule has 0 radical (unpaired) electrons. The predicted octanol–water partition coefficient (Wildman–Crippen LogP) is 7.81. The lowest BCUT2D eigenvalue weighted by Crippen LogP contribution is -2.44. The van der Waals surface area contributed by atoms with E-state index < -0.39 is 43.0 Å². The van der Waals surface area contributed by atoms with Gasteiger partial charge in [-0.05, 0) is 93.3 Å². The first-order chi connectivity index (χ1) is 35.5. The van der Waals surface area contributed by atoms with E-state index >= 15 is 4.39 Å². The number of benzene rings is 4. The summed E-state index contributed by atoms with van der Waals surface area (Å²) in [6.07, 6.45) is 2.58. The van der Waals surface area contributed by atoms with Crippen molar-refractivity contribution in [2.75, 3.05) is 24.7 Å². The molecule has 0 aliphatic heterocycles. The standard InChI is InChI=1S/C52H56F2N12O6S2/c1-6-32(4)73(67,68)41-20-16-36(17-21-41)43-28-59-47(55)45(60-43)51-64-62-49(71-51)38-12-8-34(9-13-38)25-57-27-40(54)29-66-30-44(37-18-22-42(23-19-37)74(69,70)33(5)7-2)61-46(48(66)56)52-65-63-50(72-52)39-14-10-35(11-15-39)26-58-31(3)24-53/h8-23,28,30-33,40,56-58H,6-7,24-27,29H2,1-5H3,(H2,55,59,64)/p+1. The Balaban J connectivity index is 0.947. The van der Waals surface area contributed by atoms with Crippen LogP contribution >= 0.6 is 0 Å². The maximum atomic E-state index is 16.0. The van der Waals surface area contributed by atoms with E-state index in [2.05, 4.69) is 41.0 Å². The molecular weight excluding hydrogens is 991 g/mol. The van der Waals surface area contributed by atoms with E-state index in [1.54, 1.807) is 87.6 Å². The zero-order chi connectivity index (χ0) is 52.7. The Morgan fingerprint density at radius 3 is 1.59 bits per heavy atom. The van der Waals surface area contributed by atoms with Crippen LogP contribution in [0.15, 0.2) is 128 Å². The number of nitrogens with one attached hydrogen (secondary N) is 2. The lowest BCUT2D eigenvalue weighted by molar-refractivity contribution is -0.687. The molecule has 22 heteroatoms. The van der Waals surface area contributed by atoms with Crippen LogP contribution in [0.2, 0.25) is 0 Å².